The zero-order valence-electron chi connectivity index (χ0n) is 9.10. The SMILES string of the molecule is CCOC(=O)[C@H](C)[S@](=O)c1ccc(F)cc1. The zero-order chi connectivity index (χ0) is 12.1. The first-order valence-corrected chi connectivity index (χ1v) is 6.10. The van der Waals surface area contributed by atoms with Gasteiger partial charge in [-0.3, -0.25) is 9.00 Å². The minimum absolute atomic E-state index is 0.254. The Morgan fingerprint density at radius 2 is 2.00 bits per heavy atom. The van der Waals surface area contributed by atoms with Crippen LogP contribution in [0.3, 0.4) is 0 Å². The highest BCUT2D eigenvalue weighted by atomic mass is 32.2. The predicted octanol–water partition coefficient (Wildman–Crippen LogP) is 1.88. The van der Waals surface area contributed by atoms with E-state index < -0.39 is 27.8 Å². The molecule has 16 heavy (non-hydrogen) atoms. The van der Waals surface area contributed by atoms with Gasteiger partial charge in [0.1, 0.15) is 11.1 Å². The van der Waals surface area contributed by atoms with E-state index in [0.717, 1.165) is 0 Å². The van der Waals surface area contributed by atoms with Crippen molar-refractivity contribution in [2.24, 2.45) is 0 Å². The second-order valence-electron chi connectivity index (χ2n) is 3.15. The third-order valence-electron chi connectivity index (χ3n) is 1.99. The van der Waals surface area contributed by atoms with Gasteiger partial charge >= 0.3 is 5.97 Å². The van der Waals surface area contributed by atoms with Gasteiger partial charge in [0.2, 0.25) is 0 Å². The topological polar surface area (TPSA) is 43.4 Å². The molecule has 2 atom stereocenters. The Morgan fingerprint density at radius 3 is 2.50 bits per heavy atom. The van der Waals surface area contributed by atoms with Crippen LogP contribution in [0.25, 0.3) is 0 Å². The lowest BCUT2D eigenvalue weighted by Crippen LogP contribution is -2.25. The molecule has 0 saturated heterocycles. The lowest BCUT2D eigenvalue weighted by molar-refractivity contribution is -0.142. The summed E-state index contributed by atoms with van der Waals surface area (Å²) in [6, 6.07) is 5.23. The van der Waals surface area contributed by atoms with Gasteiger partial charge in [-0.15, -0.1) is 0 Å². The molecule has 1 aromatic rings. The molecular formula is C11H13FO3S. The average Bonchev–Trinajstić information content (AvgIpc) is 2.28. The lowest BCUT2D eigenvalue weighted by atomic mass is 10.3. The van der Waals surface area contributed by atoms with Crippen molar-refractivity contribution in [2.75, 3.05) is 6.61 Å². The molecule has 0 aliphatic rings. The van der Waals surface area contributed by atoms with Crippen molar-refractivity contribution in [3.05, 3.63) is 30.1 Å². The van der Waals surface area contributed by atoms with Crippen molar-refractivity contribution >= 4 is 16.8 Å². The zero-order valence-corrected chi connectivity index (χ0v) is 9.92. The third kappa shape index (κ3) is 3.13. The smallest absolute Gasteiger partial charge is 0.321 e. The van der Waals surface area contributed by atoms with E-state index in [1.807, 2.05) is 0 Å². The minimum Gasteiger partial charge on any atom is -0.465 e. The molecule has 5 heteroatoms. The number of carbonyl (C=O) groups is 1. The average molecular weight is 244 g/mol. The summed E-state index contributed by atoms with van der Waals surface area (Å²) in [5.74, 6) is -0.908. The molecule has 0 saturated carbocycles. The van der Waals surface area contributed by atoms with Crippen molar-refractivity contribution in [1.29, 1.82) is 0 Å². The molecule has 88 valence electrons. The first-order chi connectivity index (χ1) is 7.56. The molecule has 0 bridgehead atoms. The molecule has 0 heterocycles. The first kappa shape index (κ1) is 12.8. The minimum atomic E-state index is -1.51. The van der Waals surface area contributed by atoms with E-state index in [0.29, 0.717) is 4.90 Å². The Labute approximate surface area is 96.1 Å². The highest BCUT2D eigenvalue weighted by Crippen LogP contribution is 2.13. The molecular weight excluding hydrogens is 231 g/mol. The van der Waals surface area contributed by atoms with Crippen molar-refractivity contribution < 1.29 is 18.1 Å². The summed E-state index contributed by atoms with van der Waals surface area (Å²) in [6.07, 6.45) is 0. The fourth-order valence-electron chi connectivity index (χ4n) is 1.12. The van der Waals surface area contributed by atoms with E-state index in [2.05, 4.69) is 0 Å². The molecule has 0 aromatic heterocycles. The Bertz CT molecular complexity index is 389. The first-order valence-electron chi connectivity index (χ1n) is 4.89. The van der Waals surface area contributed by atoms with Crippen LogP contribution in [0.4, 0.5) is 4.39 Å². The number of benzene rings is 1. The molecule has 0 aliphatic heterocycles. The molecule has 0 N–H and O–H groups in total. The van der Waals surface area contributed by atoms with E-state index in [9.17, 15) is 13.4 Å². The highest BCUT2D eigenvalue weighted by Gasteiger charge is 2.22. The van der Waals surface area contributed by atoms with Crippen LogP contribution in [0, 0.1) is 5.82 Å². The Hall–Kier alpha value is -1.23. The second-order valence-corrected chi connectivity index (χ2v) is 4.92. The van der Waals surface area contributed by atoms with Gasteiger partial charge in [0.05, 0.1) is 17.4 Å². The Kier molecular flexibility index (Phi) is 4.61. The summed E-state index contributed by atoms with van der Waals surface area (Å²) in [5, 5.41) is -0.745. The van der Waals surface area contributed by atoms with Crippen molar-refractivity contribution in [3.8, 4) is 0 Å². The van der Waals surface area contributed by atoms with Gasteiger partial charge < -0.3 is 4.74 Å². The van der Waals surface area contributed by atoms with Gasteiger partial charge in [-0.1, -0.05) is 0 Å². The van der Waals surface area contributed by atoms with E-state index in [1.54, 1.807) is 6.92 Å². The van der Waals surface area contributed by atoms with E-state index in [4.69, 9.17) is 4.74 Å². The summed E-state index contributed by atoms with van der Waals surface area (Å²) in [6.45, 7) is 3.46. The second kappa shape index (κ2) is 5.75. The molecule has 1 rings (SSSR count). The van der Waals surface area contributed by atoms with E-state index >= 15 is 0 Å². The monoisotopic (exact) mass is 244 g/mol. The number of ether oxygens (including phenoxy) is 1. The molecule has 0 amide bonds. The Morgan fingerprint density at radius 1 is 1.44 bits per heavy atom. The maximum absolute atomic E-state index is 12.6. The number of rotatable bonds is 4. The number of halogens is 1. The number of carbonyl (C=O) groups excluding carboxylic acids is 1. The molecule has 0 spiro atoms. The van der Waals surface area contributed by atoms with E-state index in [-0.39, 0.29) is 6.61 Å². The van der Waals surface area contributed by atoms with Gasteiger partial charge in [-0.25, -0.2) is 4.39 Å². The van der Waals surface area contributed by atoms with Crippen LogP contribution in [0.2, 0.25) is 0 Å². The molecule has 1 aromatic carbocycles. The summed E-state index contributed by atoms with van der Waals surface area (Å²) < 4.78 is 29.3. The molecule has 0 unspecified atom stereocenters. The fourth-order valence-corrected chi connectivity index (χ4v) is 2.18. The highest BCUT2D eigenvalue weighted by molar-refractivity contribution is 7.86. The normalized spacial score (nSPS) is 14.2. The van der Waals surface area contributed by atoms with Crippen LogP contribution < -0.4 is 0 Å². The van der Waals surface area contributed by atoms with Gasteiger partial charge in [0.15, 0.2) is 0 Å². The number of esters is 1. The third-order valence-corrected chi connectivity index (χ3v) is 3.56. The van der Waals surface area contributed by atoms with Crippen molar-refractivity contribution in [2.45, 2.75) is 24.0 Å². The molecule has 3 nitrogen and oxygen atoms in total. The standard InChI is InChI=1S/C11H13FO3S/c1-3-15-11(13)8(2)16(14)10-6-4-9(12)5-7-10/h4-8H,3H2,1-2H3/t8-,16-/m0/s1. The molecule has 0 fully saturated rings. The lowest BCUT2D eigenvalue weighted by Gasteiger charge is -2.10. The van der Waals surface area contributed by atoms with Crippen LogP contribution in [0.5, 0.6) is 0 Å². The van der Waals surface area contributed by atoms with Gasteiger partial charge in [-0.2, -0.15) is 0 Å². The van der Waals surface area contributed by atoms with Crippen LogP contribution in [-0.2, 0) is 20.3 Å². The molecule has 0 aliphatic carbocycles. The van der Waals surface area contributed by atoms with Gasteiger partial charge in [0.25, 0.3) is 0 Å². The summed E-state index contributed by atoms with van der Waals surface area (Å²) in [5.41, 5.74) is 0. The Balaban J connectivity index is 2.78. The predicted molar refractivity (Wildman–Crippen MR) is 58.9 cm³/mol. The van der Waals surface area contributed by atoms with Gasteiger partial charge in [0, 0.05) is 4.90 Å². The van der Waals surface area contributed by atoms with Crippen LogP contribution in [-0.4, -0.2) is 22.0 Å². The molecule has 0 radical (unpaired) electrons. The van der Waals surface area contributed by atoms with Crippen molar-refractivity contribution in [1.82, 2.24) is 0 Å². The number of hydrogen-bond donors (Lipinski definition) is 0. The van der Waals surface area contributed by atoms with Crippen LogP contribution in [0.15, 0.2) is 29.2 Å². The largest absolute Gasteiger partial charge is 0.465 e. The van der Waals surface area contributed by atoms with Gasteiger partial charge in [-0.05, 0) is 38.1 Å². The van der Waals surface area contributed by atoms with Crippen molar-refractivity contribution in [3.63, 3.8) is 0 Å². The summed E-state index contributed by atoms with van der Waals surface area (Å²) in [7, 11) is -1.51. The maximum Gasteiger partial charge on any atom is 0.321 e. The maximum atomic E-state index is 12.6. The number of hydrogen-bond acceptors (Lipinski definition) is 3. The fraction of sp³-hybridized carbons (Fsp3) is 0.364. The quantitative estimate of drug-likeness (QED) is 0.760. The summed E-state index contributed by atoms with van der Waals surface area (Å²) in [4.78, 5) is 11.8. The van der Waals surface area contributed by atoms with E-state index in [1.165, 1.54) is 31.2 Å². The summed E-state index contributed by atoms with van der Waals surface area (Å²) >= 11 is 0. The van der Waals surface area contributed by atoms with Crippen LogP contribution in [0.1, 0.15) is 13.8 Å². The van der Waals surface area contributed by atoms with Crippen LogP contribution >= 0.6 is 0 Å².